The fourth-order valence-corrected chi connectivity index (χ4v) is 3.81. The molecule has 1 aromatic heterocycles. The Labute approximate surface area is 183 Å². The Morgan fingerprint density at radius 1 is 1.13 bits per heavy atom. The van der Waals surface area contributed by atoms with Gasteiger partial charge in [0, 0.05) is 19.4 Å². The molecule has 3 aromatic rings. The van der Waals surface area contributed by atoms with Gasteiger partial charge >= 0.3 is 0 Å². The minimum absolute atomic E-state index is 0.0148. The predicted molar refractivity (Wildman–Crippen MR) is 115 cm³/mol. The number of likely N-dealkylation sites (N-methyl/N-ethyl adjacent to an activating group) is 1. The fraction of sp³-hybridized carbons (Fsp3) is 0.227. The number of nitrogens with one attached hydrogen (secondary N) is 2. The summed E-state index contributed by atoms with van der Waals surface area (Å²) in [6, 6.07) is 8.00. The number of carbonyl (C=O) groups is 2. The van der Waals surface area contributed by atoms with Gasteiger partial charge in [0.1, 0.15) is 6.04 Å². The maximum Gasteiger partial charge on any atom is 0.246 e. The van der Waals surface area contributed by atoms with Crippen molar-refractivity contribution in [2.24, 2.45) is 0 Å². The van der Waals surface area contributed by atoms with Gasteiger partial charge in [-0.2, -0.15) is 0 Å². The van der Waals surface area contributed by atoms with Crippen LogP contribution in [0.1, 0.15) is 22.7 Å². The Kier molecular flexibility index (Phi) is 7.06. The molecule has 2 aromatic carbocycles. The molecule has 0 bridgehead atoms. The monoisotopic (exact) mass is 444 g/mol. The van der Waals surface area contributed by atoms with Crippen LogP contribution in [-0.2, 0) is 9.59 Å². The summed E-state index contributed by atoms with van der Waals surface area (Å²) in [4.78, 5) is 29.1. The average molecular weight is 445 g/mol. The Morgan fingerprint density at radius 2 is 1.90 bits per heavy atom. The lowest BCUT2D eigenvalue weighted by atomic mass is 10.1. The van der Waals surface area contributed by atoms with Crippen LogP contribution >= 0.6 is 11.8 Å². The summed E-state index contributed by atoms with van der Waals surface area (Å²) >= 11 is 1.21. The molecule has 6 nitrogen and oxygen atoms in total. The van der Waals surface area contributed by atoms with Gasteiger partial charge in [-0.3, -0.25) is 14.2 Å². The number of hydrogen-bond donors (Lipinski definition) is 2. The van der Waals surface area contributed by atoms with Crippen molar-refractivity contribution in [1.29, 1.82) is 0 Å². The summed E-state index contributed by atoms with van der Waals surface area (Å²) in [5.74, 6) is -3.12. The summed E-state index contributed by atoms with van der Waals surface area (Å²) in [6.07, 6.45) is 3.47. The van der Waals surface area contributed by atoms with Crippen LogP contribution in [0.3, 0.4) is 0 Å². The van der Waals surface area contributed by atoms with Crippen molar-refractivity contribution >= 4 is 23.6 Å². The Bertz CT molecular complexity index is 1120. The van der Waals surface area contributed by atoms with E-state index in [-0.39, 0.29) is 11.3 Å². The molecule has 0 saturated carbocycles. The van der Waals surface area contributed by atoms with Crippen molar-refractivity contribution < 1.29 is 18.4 Å². The topological polar surface area (TPSA) is 76.0 Å². The molecule has 0 spiro atoms. The molecule has 0 aliphatic rings. The Balaban J connectivity index is 1.73. The van der Waals surface area contributed by atoms with E-state index in [1.807, 2.05) is 42.8 Å². The third-order valence-electron chi connectivity index (χ3n) is 4.65. The number of benzene rings is 2. The molecule has 1 unspecified atom stereocenters. The third-order valence-corrected chi connectivity index (χ3v) is 5.62. The highest BCUT2D eigenvalue weighted by Gasteiger charge is 2.23. The minimum atomic E-state index is -1.15. The van der Waals surface area contributed by atoms with Gasteiger partial charge in [-0.1, -0.05) is 30.0 Å². The van der Waals surface area contributed by atoms with Crippen molar-refractivity contribution in [3.63, 3.8) is 0 Å². The lowest BCUT2D eigenvalue weighted by Crippen LogP contribution is -2.39. The van der Waals surface area contributed by atoms with Gasteiger partial charge in [0.25, 0.3) is 0 Å². The van der Waals surface area contributed by atoms with E-state index in [0.29, 0.717) is 5.16 Å². The van der Waals surface area contributed by atoms with Crippen molar-refractivity contribution in [2.45, 2.75) is 25.0 Å². The third kappa shape index (κ3) is 5.29. The molecule has 1 heterocycles. The Morgan fingerprint density at radius 3 is 2.61 bits per heavy atom. The van der Waals surface area contributed by atoms with Crippen LogP contribution in [-0.4, -0.2) is 34.2 Å². The second-order valence-corrected chi connectivity index (χ2v) is 7.89. The lowest BCUT2D eigenvalue weighted by molar-refractivity contribution is -0.127. The predicted octanol–water partition coefficient (Wildman–Crippen LogP) is 3.46. The first-order valence-electron chi connectivity index (χ1n) is 9.50. The first kappa shape index (κ1) is 22.5. The van der Waals surface area contributed by atoms with Crippen LogP contribution in [0.15, 0.2) is 53.9 Å². The second-order valence-electron chi connectivity index (χ2n) is 6.95. The summed E-state index contributed by atoms with van der Waals surface area (Å²) in [6.45, 7) is 3.99. The van der Waals surface area contributed by atoms with Crippen LogP contribution in [0.4, 0.5) is 8.78 Å². The molecule has 0 aliphatic heterocycles. The van der Waals surface area contributed by atoms with Gasteiger partial charge in [-0.05, 0) is 48.7 Å². The van der Waals surface area contributed by atoms with E-state index < -0.39 is 29.5 Å². The van der Waals surface area contributed by atoms with Crippen molar-refractivity contribution in [3.05, 3.63) is 77.1 Å². The highest BCUT2D eigenvalue weighted by molar-refractivity contribution is 7.99. The number of halogens is 2. The smallest absolute Gasteiger partial charge is 0.246 e. The number of rotatable bonds is 7. The molecule has 0 radical (unpaired) electrons. The molecule has 162 valence electrons. The molecule has 1 atom stereocenters. The summed E-state index contributed by atoms with van der Waals surface area (Å²) in [5.41, 5.74) is 3.27. The summed E-state index contributed by atoms with van der Waals surface area (Å²) in [5, 5.41) is 5.62. The van der Waals surface area contributed by atoms with E-state index in [0.717, 1.165) is 28.9 Å². The maximum absolute atomic E-state index is 13.6. The summed E-state index contributed by atoms with van der Waals surface area (Å²) < 4.78 is 28.7. The van der Waals surface area contributed by atoms with E-state index in [9.17, 15) is 18.4 Å². The number of carbonyl (C=O) groups excluding carboxylic acids is 2. The lowest BCUT2D eigenvalue weighted by Gasteiger charge is -2.18. The second kappa shape index (κ2) is 9.74. The molecular weight excluding hydrogens is 422 g/mol. The highest BCUT2D eigenvalue weighted by Crippen LogP contribution is 2.24. The first-order valence-corrected chi connectivity index (χ1v) is 10.5. The van der Waals surface area contributed by atoms with Crippen LogP contribution in [0.25, 0.3) is 5.69 Å². The quantitative estimate of drug-likeness (QED) is 0.548. The molecule has 2 amide bonds. The number of nitrogens with zero attached hydrogens (tertiary/aromatic N) is 2. The van der Waals surface area contributed by atoms with Gasteiger partial charge in [0.05, 0.1) is 11.4 Å². The SMILES string of the molecule is CNC(=O)C(NC(=O)CSc1nccn1-c1cc(C)ccc1C)c1ccc(F)c(F)c1. The van der Waals surface area contributed by atoms with Gasteiger partial charge in [0.15, 0.2) is 16.8 Å². The van der Waals surface area contributed by atoms with Gasteiger partial charge in [0.2, 0.25) is 11.8 Å². The van der Waals surface area contributed by atoms with Crippen LogP contribution in [0.5, 0.6) is 0 Å². The van der Waals surface area contributed by atoms with Gasteiger partial charge in [-0.15, -0.1) is 0 Å². The zero-order valence-electron chi connectivity index (χ0n) is 17.3. The number of aryl methyl sites for hydroxylation is 2. The highest BCUT2D eigenvalue weighted by atomic mass is 32.2. The van der Waals surface area contributed by atoms with Crippen molar-refractivity contribution in [2.75, 3.05) is 12.8 Å². The van der Waals surface area contributed by atoms with Crippen molar-refractivity contribution in [3.8, 4) is 5.69 Å². The van der Waals surface area contributed by atoms with Crippen LogP contribution in [0.2, 0.25) is 0 Å². The maximum atomic E-state index is 13.6. The fourth-order valence-electron chi connectivity index (χ4n) is 3.03. The largest absolute Gasteiger partial charge is 0.357 e. The zero-order valence-corrected chi connectivity index (χ0v) is 18.1. The molecule has 0 saturated heterocycles. The van der Waals surface area contributed by atoms with Gasteiger partial charge < -0.3 is 10.6 Å². The standard InChI is InChI=1S/C22H22F2N4O2S/c1-13-4-5-14(2)18(10-13)28-9-8-26-22(28)31-12-19(29)27-20(21(30)25-3)15-6-7-16(23)17(24)11-15/h4-11,20H,12H2,1-3H3,(H,25,30)(H,27,29). The number of hydrogen-bond acceptors (Lipinski definition) is 4. The molecule has 2 N–H and O–H groups in total. The molecule has 3 rings (SSSR count). The zero-order chi connectivity index (χ0) is 22.5. The van der Waals surface area contributed by atoms with Crippen LogP contribution < -0.4 is 10.6 Å². The van der Waals surface area contributed by atoms with E-state index in [1.165, 1.54) is 24.9 Å². The average Bonchev–Trinajstić information content (AvgIpc) is 3.22. The normalized spacial score (nSPS) is 11.8. The van der Waals surface area contributed by atoms with E-state index in [1.54, 1.807) is 6.20 Å². The molecule has 0 fully saturated rings. The molecule has 9 heteroatoms. The van der Waals surface area contributed by atoms with E-state index >= 15 is 0 Å². The number of aromatic nitrogens is 2. The number of imidazole rings is 1. The van der Waals surface area contributed by atoms with Crippen molar-refractivity contribution in [1.82, 2.24) is 20.2 Å². The molecular formula is C22H22F2N4O2S. The van der Waals surface area contributed by atoms with Crippen LogP contribution in [0, 0.1) is 25.5 Å². The summed E-state index contributed by atoms with van der Waals surface area (Å²) in [7, 11) is 1.40. The molecule has 31 heavy (non-hydrogen) atoms. The van der Waals surface area contributed by atoms with Gasteiger partial charge in [-0.25, -0.2) is 13.8 Å². The minimum Gasteiger partial charge on any atom is -0.357 e. The molecule has 0 aliphatic carbocycles. The Hall–Kier alpha value is -3.20. The number of amides is 2. The van der Waals surface area contributed by atoms with E-state index in [4.69, 9.17) is 0 Å². The number of thioether (sulfide) groups is 1. The van der Waals surface area contributed by atoms with E-state index in [2.05, 4.69) is 15.6 Å². The first-order chi connectivity index (χ1) is 14.8.